The van der Waals surface area contributed by atoms with Gasteiger partial charge in [0.15, 0.2) is 5.60 Å². The lowest BCUT2D eigenvalue weighted by molar-refractivity contribution is 0.0672. The normalized spacial score (nSPS) is 30.0. The van der Waals surface area contributed by atoms with Crippen LogP contribution in [0.4, 0.5) is 9.18 Å². The summed E-state index contributed by atoms with van der Waals surface area (Å²) in [4.78, 5) is 15.4. The van der Waals surface area contributed by atoms with E-state index in [9.17, 15) is 19.6 Å². The monoisotopic (exact) mass is 421 g/mol. The standard InChI is InChI=1S/C24H24FN3O3/c25-18-3-1-2-15(10-18)16-4-5-19(27-13-16)7-9-22-21-8-6-20(28-23(29)30)11-17(21)12-24(22,31)14-26/h1-5,7,9-10,13,17,20-22,28,31H,6,8,11-12H2,(H,29,30)/b9-7+/t17-,20?,21+,22-,24-/m0/s1. The molecular weight excluding hydrogens is 397 g/mol. The molecule has 31 heavy (non-hydrogen) atoms. The average molecular weight is 421 g/mol. The molecule has 2 saturated carbocycles. The fraction of sp³-hybridized carbons (Fsp3) is 0.375. The first-order chi connectivity index (χ1) is 14.9. The number of amides is 1. The van der Waals surface area contributed by atoms with Gasteiger partial charge < -0.3 is 15.5 Å². The average Bonchev–Trinajstić information content (AvgIpc) is 3.03. The molecule has 5 atom stereocenters. The van der Waals surface area contributed by atoms with Gasteiger partial charge in [0.2, 0.25) is 0 Å². The fourth-order valence-electron chi connectivity index (χ4n) is 5.16. The number of carboxylic acid groups (broad SMARTS) is 1. The van der Waals surface area contributed by atoms with Crippen LogP contribution in [0.1, 0.15) is 31.4 Å². The molecule has 2 aromatic rings. The molecule has 1 heterocycles. The summed E-state index contributed by atoms with van der Waals surface area (Å²) in [5, 5.41) is 32.1. The highest BCUT2D eigenvalue weighted by molar-refractivity contribution is 5.65. The van der Waals surface area contributed by atoms with Crippen molar-refractivity contribution in [1.29, 1.82) is 5.26 Å². The maximum Gasteiger partial charge on any atom is 0.404 e. The van der Waals surface area contributed by atoms with Gasteiger partial charge in [0, 0.05) is 23.7 Å². The lowest BCUT2D eigenvalue weighted by atomic mass is 9.75. The quantitative estimate of drug-likeness (QED) is 0.641. The number of nitriles is 1. The van der Waals surface area contributed by atoms with Gasteiger partial charge in [-0.1, -0.05) is 24.3 Å². The van der Waals surface area contributed by atoms with E-state index in [2.05, 4.69) is 16.4 Å². The molecule has 1 aromatic heterocycles. The summed E-state index contributed by atoms with van der Waals surface area (Å²) in [6.07, 6.45) is 6.72. The lowest BCUT2D eigenvalue weighted by Gasteiger charge is -2.33. The van der Waals surface area contributed by atoms with Crippen LogP contribution >= 0.6 is 0 Å². The number of hydrogen-bond acceptors (Lipinski definition) is 4. The minimum absolute atomic E-state index is 0.0909. The number of benzene rings is 1. The predicted octanol–water partition coefficient (Wildman–Crippen LogP) is 4.23. The summed E-state index contributed by atoms with van der Waals surface area (Å²) in [6.45, 7) is 0. The first kappa shape index (κ1) is 21.0. The van der Waals surface area contributed by atoms with Crippen LogP contribution in [0.25, 0.3) is 17.2 Å². The first-order valence-corrected chi connectivity index (χ1v) is 10.4. The number of fused-ring (bicyclic) bond motifs is 1. The summed E-state index contributed by atoms with van der Waals surface area (Å²) in [5.74, 6) is -0.424. The number of halogens is 1. The van der Waals surface area contributed by atoms with Crippen LogP contribution in [-0.2, 0) is 0 Å². The third-order valence-electron chi connectivity index (χ3n) is 6.57. The van der Waals surface area contributed by atoms with Crippen molar-refractivity contribution in [1.82, 2.24) is 10.3 Å². The molecule has 2 aliphatic rings. The molecule has 0 bridgehead atoms. The van der Waals surface area contributed by atoms with Crippen LogP contribution in [0, 0.1) is 34.9 Å². The van der Waals surface area contributed by atoms with E-state index < -0.39 is 11.7 Å². The van der Waals surface area contributed by atoms with Crippen LogP contribution in [0.15, 0.2) is 48.7 Å². The van der Waals surface area contributed by atoms with Crippen molar-refractivity contribution in [3.63, 3.8) is 0 Å². The Labute approximate surface area is 180 Å². The number of nitrogens with zero attached hydrogens (tertiary/aromatic N) is 2. The Morgan fingerprint density at radius 1 is 1.29 bits per heavy atom. The van der Waals surface area contributed by atoms with Crippen LogP contribution in [0.5, 0.6) is 0 Å². The van der Waals surface area contributed by atoms with Gasteiger partial charge in [-0.3, -0.25) is 4.98 Å². The molecule has 2 fully saturated rings. The van der Waals surface area contributed by atoms with Gasteiger partial charge in [0.25, 0.3) is 0 Å². The van der Waals surface area contributed by atoms with Crippen molar-refractivity contribution in [2.75, 3.05) is 0 Å². The summed E-state index contributed by atoms with van der Waals surface area (Å²) < 4.78 is 13.4. The molecule has 2 aliphatic carbocycles. The highest BCUT2D eigenvalue weighted by atomic mass is 19.1. The highest BCUT2D eigenvalue weighted by Gasteiger charge is 2.53. The van der Waals surface area contributed by atoms with Crippen molar-refractivity contribution in [2.45, 2.75) is 37.3 Å². The van der Waals surface area contributed by atoms with Crippen LogP contribution in [-0.4, -0.2) is 32.9 Å². The maximum absolute atomic E-state index is 13.4. The second-order valence-electron chi connectivity index (χ2n) is 8.49. The van der Waals surface area contributed by atoms with Crippen molar-refractivity contribution in [2.24, 2.45) is 17.8 Å². The Hall–Kier alpha value is -3.24. The van der Waals surface area contributed by atoms with Gasteiger partial charge in [0.05, 0.1) is 11.8 Å². The van der Waals surface area contributed by atoms with E-state index in [1.165, 1.54) is 12.1 Å². The van der Waals surface area contributed by atoms with E-state index in [0.29, 0.717) is 25.0 Å². The summed E-state index contributed by atoms with van der Waals surface area (Å²) in [7, 11) is 0. The van der Waals surface area contributed by atoms with E-state index in [1.54, 1.807) is 12.3 Å². The molecule has 0 saturated heterocycles. The van der Waals surface area contributed by atoms with Gasteiger partial charge in [-0.05, 0) is 67.4 Å². The number of hydrogen-bond donors (Lipinski definition) is 3. The third kappa shape index (κ3) is 4.44. The van der Waals surface area contributed by atoms with Gasteiger partial charge in [-0.2, -0.15) is 5.26 Å². The molecule has 0 radical (unpaired) electrons. The number of pyridine rings is 1. The zero-order chi connectivity index (χ0) is 22.0. The molecule has 7 heteroatoms. The van der Waals surface area contributed by atoms with Gasteiger partial charge in [-0.25, -0.2) is 9.18 Å². The van der Waals surface area contributed by atoms with Crippen molar-refractivity contribution >= 4 is 12.2 Å². The zero-order valence-electron chi connectivity index (χ0n) is 16.9. The molecule has 1 aromatic carbocycles. The molecule has 3 N–H and O–H groups in total. The van der Waals surface area contributed by atoms with Gasteiger partial charge in [-0.15, -0.1) is 0 Å². The van der Waals surface area contributed by atoms with E-state index >= 15 is 0 Å². The highest BCUT2D eigenvalue weighted by Crippen LogP contribution is 2.51. The minimum atomic E-state index is -1.47. The Bertz CT molecular complexity index is 1030. The Morgan fingerprint density at radius 2 is 2.13 bits per heavy atom. The maximum atomic E-state index is 13.4. The predicted molar refractivity (Wildman–Crippen MR) is 113 cm³/mol. The molecule has 0 aliphatic heterocycles. The SMILES string of the molecule is N#C[C@@]1(O)C[C@@H]2CC(NC(=O)O)CC[C@H]2[C@@H]1/C=C/c1ccc(-c2cccc(F)c2)cn1. The van der Waals surface area contributed by atoms with Gasteiger partial charge in [0.1, 0.15) is 5.82 Å². The number of aliphatic hydroxyl groups is 1. The first-order valence-electron chi connectivity index (χ1n) is 10.4. The van der Waals surface area contributed by atoms with Crippen LogP contribution in [0.2, 0.25) is 0 Å². The molecule has 4 rings (SSSR count). The largest absolute Gasteiger partial charge is 0.465 e. The van der Waals surface area contributed by atoms with E-state index in [4.69, 9.17) is 5.11 Å². The van der Waals surface area contributed by atoms with Crippen LogP contribution < -0.4 is 5.32 Å². The summed E-state index contributed by atoms with van der Waals surface area (Å²) >= 11 is 0. The Balaban J connectivity index is 1.50. The number of carbonyl (C=O) groups is 1. The second kappa shape index (κ2) is 8.48. The molecular formula is C24H24FN3O3. The lowest BCUT2D eigenvalue weighted by Crippen LogP contribution is -2.39. The van der Waals surface area contributed by atoms with E-state index in [1.807, 2.05) is 30.4 Å². The molecule has 0 spiro atoms. The summed E-state index contributed by atoms with van der Waals surface area (Å²) in [5.41, 5.74) is 0.763. The molecule has 1 unspecified atom stereocenters. The minimum Gasteiger partial charge on any atom is -0.465 e. The zero-order valence-corrected chi connectivity index (χ0v) is 16.9. The Morgan fingerprint density at radius 3 is 2.81 bits per heavy atom. The van der Waals surface area contributed by atoms with Crippen molar-refractivity contribution in [3.05, 3.63) is 60.2 Å². The van der Waals surface area contributed by atoms with Crippen molar-refractivity contribution in [3.8, 4) is 17.2 Å². The van der Waals surface area contributed by atoms with Gasteiger partial charge >= 0.3 is 6.09 Å². The Kier molecular flexibility index (Phi) is 5.75. The second-order valence-corrected chi connectivity index (χ2v) is 8.49. The molecule has 6 nitrogen and oxygen atoms in total. The molecule has 160 valence electrons. The smallest absolute Gasteiger partial charge is 0.404 e. The topological polar surface area (TPSA) is 106 Å². The van der Waals surface area contributed by atoms with E-state index in [0.717, 1.165) is 17.5 Å². The molecule has 1 amide bonds. The number of rotatable bonds is 4. The number of aromatic nitrogens is 1. The van der Waals surface area contributed by atoms with Crippen LogP contribution in [0.3, 0.4) is 0 Å². The third-order valence-corrected chi connectivity index (χ3v) is 6.57. The number of nitrogens with one attached hydrogen (secondary N) is 1. The van der Waals surface area contributed by atoms with E-state index in [-0.39, 0.29) is 29.6 Å². The fourth-order valence-corrected chi connectivity index (χ4v) is 5.16. The summed E-state index contributed by atoms with van der Waals surface area (Å²) in [6, 6.07) is 11.9. The van der Waals surface area contributed by atoms with Crippen molar-refractivity contribution < 1.29 is 19.4 Å².